The van der Waals surface area contributed by atoms with E-state index in [0.29, 0.717) is 0 Å². The summed E-state index contributed by atoms with van der Waals surface area (Å²) in [5.41, 5.74) is 0.903. The van der Waals surface area contributed by atoms with E-state index in [1.165, 1.54) is 13.1 Å². The van der Waals surface area contributed by atoms with Crippen molar-refractivity contribution in [2.75, 3.05) is 11.9 Å². The van der Waals surface area contributed by atoms with Crippen LogP contribution in [0.3, 0.4) is 0 Å². The topological polar surface area (TPSA) is 49.8 Å². The average molecular weight is 275 g/mol. The molecule has 0 radical (unpaired) electrons. The van der Waals surface area contributed by atoms with Crippen LogP contribution < -0.4 is 4.90 Å². The van der Waals surface area contributed by atoms with Crippen LogP contribution in [-0.4, -0.2) is 18.2 Å². The SMILES string of the molecule is CN(C(=O)OCc1ccccc1)c1cc(F)ccc1O. The molecule has 0 atom stereocenters. The molecule has 104 valence electrons. The molecular formula is C15H14FNO3. The van der Waals surface area contributed by atoms with Gasteiger partial charge in [0.1, 0.15) is 18.2 Å². The zero-order valence-corrected chi connectivity index (χ0v) is 10.9. The molecular weight excluding hydrogens is 261 g/mol. The van der Waals surface area contributed by atoms with Gasteiger partial charge in [0, 0.05) is 13.1 Å². The molecule has 0 aliphatic carbocycles. The summed E-state index contributed by atoms with van der Waals surface area (Å²) in [7, 11) is 1.40. The highest BCUT2D eigenvalue weighted by molar-refractivity contribution is 5.88. The highest BCUT2D eigenvalue weighted by Gasteiger charge is 2.16. The predicted octanol–water partition coefficient (Wildman–Crippen LogP) is 3.30. The van der Waals surface area contributed by atoms with E-state index in [1.54, 1.807) is 0 Å². The number of phenols is 1. The molecule has 1 amide bonds. The summed E-state index contributed by atoms with van der Waals surface area (Å²) in [6.45, 7) is 0.111. The number of hydrogen-bond acceptors (Lipinski definition) is 3. The maximum absolute atomic E-state index is 13.1. The van der Waals surface area contributed by atoms with Crippen molar-refractivity contribution in [3.63, 3.8) is 0 Å². The van der Waals surface area contributed by atoms with Crippen LogP contribution in [-0.2, 0) is 11.3 Å². The van der Waals surface area contributed by atoms with Crippen molar-refractivity contribution >= 4 is 11.8 Å². The Labute approximate surface area is 116 Å². The van der Waals surface area contributed by atoms with Gasteiger partial charge in [-0.1, -0.05) is 30.3 Å². The van der Waals surface area contributed by atoms with E-state index in [9.17, 15) is 14.3 Å². The monoisotopic (exact) mass is 275 g/mol. The van der Waals surface area contributed by atoms with E-state index in [-0.39, 0.29) is 18.0 Å². The normalized spacial score (nSPS) is 10.1. The number of aromatic hydroxyl groups is 1. The van der Waals surface area contributed by atoms with Crippen LogP contribution in [0.5, 0.6) is 5.75 Å². The molecule has 2 aromatic rings. The van der Waals surface area contributed by atoms with Crippen molar-refractivity contribution < 1.29 is 19.0 Å². The number of anilines is 1. The summed E-state index contributed by atoms with van der Waals surface area (Å²) in [5.74, 6) is -0.730. The van der Waals surface area contributed by atoms with Crippen LogP contribution in [0, 0.1) is 5.82 Å². The molecule has 0 aromatic heterocycles. The van der Waals surface area contributed by atoms with E-state index >= 15 is 0 Å². The summed E-state index contributed by atoms with van der Waals surface area (Å²) in [4.78, 5) is 12.9. The van der Waals surface area contributed by atoms with E-state index in [4.69, 9.17) is 4.74 Å². The van der Waals surface area contributed by atoms with Gasteiger partial charge >= 0.3 is 6.09 Å². The molecule has 5 heteroatoms. The van der Waals surface area contributed by atoms with Crippen molar-refractivity contribution in [1.29, 1.82) is 0 Å². The van der Waals surface area contributed by atoms with E-state index in [0.717, 1.165) is 22.6 Å². The van der Waals surface area contributed by atoms with Gasteiger partial charge in [0.05, 0.1) is 5.69 Å². The van der Waals surface area contributed by atoms with E-state index < -0.39 is 11.9 Å². The fraction of sp³-hybridized carbons (Fsp3) is 0.133. The summed E-state index contributed by atoms with van der Waals surface area (Å²) < 4.78 is 18.2. The molecule has 2 rings (SSSR count). The summed E-state index contributed by atoms with van der Waals surface area (Å²) in [6, 6.07) is 12.6. The lowest BCUT2D eigenvalue weighted by molar-refractivity contribution is 0.148. The van der Waals surface area contributed by atoms with Gasteiger partial charge in [-0.3, -0.25) is 4.90 Å². The fourth-order valence-corrected chi connectivity index (χ4v) is 1.68. The molecule has 0 saturated heterocycles. The smallest absolute Gasteiger partial charge is 0.414 e. The molecule has 0 spiro atoms. The Morgan fingerprint density at radius 2 is 1.95 bits per heavy atom. The Morgan fingerprint density at radius 1 is 1.25 bits per heavy atom. The molecule has 0 heterocycles. The highest BCUT2D eigenvalue weighted by atomic mass is 19.1. The Kier molecular flexibility index (Phi) is 4.20. The number of amides is 1. The molecule has 0 saturated carbocycles. The van der Waals surface area contributed by atoms with Crippen LogP contribution in [0.2, 0.25) is 0 Å². The number of ether oxygens (including phenoxy) is 1. The fourth-order valence-electron chi connectivity index (χ4n) is 1.68. The zero-order chi connectivity index (χ0) is 14.5. The zero-order valence-electron chi connectivity index (χ0n) is 10.9. The molecule has 0 aliphatic rings. The maximum Gasteiger partial charge on any atom is 0.414 e. The van der Waals surface area contributed by atoms with Crippen LogP contribution in [0.25, 0.3) is 0 Å². The quantitative estimate of drug-likeness (QED) is 0.935. The summed E-state index contributed by atoms with van der Waals surface area (Å²) in [5, 5.41) is 9.62. The van der Waals surface area contributed by atoms with E-state index in [2.05, 4.69) is 0 Å². The molecule has 2 aromatic carbocycles. The lowest BCUT2D eigenvalue weighted by Crippen LogP contribution is -2.27. The van der Waals surface area contributed by atoms with Gasteiger partial charge in [-0.15, -0.1) is 0 Å². The molecule has 0 unspecified atom stereocenters. The number of nitrogens with zero attached hydrogens (tertiary/aromatic N) is 1. The van der Waals surface area contributed by atoms with Crippen LogP contribution >= 0.6 is 0 Å². The van der Waals surface area contributed by atoms with Crippen LogP contribution in [0.15, 0.2) is 48.5 Å². The minimum Gasteiger partial charge on any atom is -0.506 e. The number of phenolic OH excluding ortho intramolecular Hbond substituents is 1. The number of rotatable bonds is 3. The van der Waals surface area contributed by atoms with Crippen molar-refractivity contribution in [1.82, 2.24) is 0 Å². The Bertz CT molecular complexity index is 601. The van der Waals surface area contributed by atoms with Gasteiger partial charge in [0.15, 0.2) is 0 Å². The van der Waals surface area contributed by atoms with Crippen LogP contribution in [0.4, 0.5) is 14.9 Å². The average Bonchev–Trinajstić information content (AvgIpc) is 2.47. The minimum absolute atomic E-state index is 0.0584. The van der Waals surface area contributed by atoms with E-state index in [1.807, 2.05) is 30.3 Å². The first-order chi connectivity index (χ1) is 9.58. The van der Waals surface area contributed by atoms with Crippen molar-refractivity contribution in [2.45, 2.75) is 6.61 Å². The van der Waals surface area contributed by atoms with Crippen molar-refractivity contribution in [3.05, 3.63) is 59.9 Å². The largest absolute Gasteiger partial charge is 0.506 e. The lowest BCUT2D eigenvalue weighted by atomic mass is 10.2. The highest BCUT2D eigenvalue weighted by Crippen LogP contribution is 2.27. The molecule has 0 bridgehead atoms. The maximum atomic E-state index is 13.1. The number of halogens is 1. The van der Waals surface area contributed by atoms with Crippen LogP contribution in [0.1, 0.15) is 5.56 Å². The number of benzene rings is 2. The summed E-state index contributed by atoms with van der Waals surface area (Å²) >= 11 is 0. The predicted molar refractivity (Wildman–Crippen MR) is 73.1 cm³/mol. The van der Waals surface area contributed by atoms with Gasteiger partial charge < -0.3 is 9.84 Å². The third kappa shape index (κ3) is 3.26. The first kappa shape index (κ1) is 13.9. The third-order valence-corrected chi connectivity index (χ3v) is 2.78. The van der Waals surface area contributed by atoms with Gasteiger partial charge in [0.25, 0.3) is 0 Å². The van der Waals surface area contributed by atoms with Gasteiger partial charge in [0.2, 0.25) is 0 Å². The molecule has 20 heavy (non-hydrogen) atoms. The lowest BCUT2D eigenvalue weighted by Gasteiger charge is -2.18. The molecule has 0 aliphatic heterocycles. The Morgan fingerprint density at radius 3 is 2.65 bits per heavy atom. The second kappa shape index (κ2) is 6.06. The molecule has 0 fully saturated rings. The molecule has 4 nitrogen and oxygen atoms in total. The van der Waals surface area contributed by atoms with Crippen molar-refractivity contribution in [2.24, 2.45) is 0 Å². The number of carbonyl (C=O) groups excluding carboxylic acids is 1. The first-order valence-corrected chi connectivity index (χ1v) is 6.01. The van der Waals surface area contributed by atoms with Gasteiger partial charge in [-0.25, -0.2) is 9.18 Å². The van der Waals surface area contributed by atoms with Gasteiger partial charge in [-0.2, -0.15) is 0 Å². The minimum atomic E-state index is -0.672. The third-order valence-electron chi connectivity index (χ3n) is 2.78. The number of carbonyl (C=O) groups is 1. The summed E-state index contributed by atoms with van der Waals surface area (Å²) in [6.07, 6.45) is -0.672. The Balaban J connectivity index is 2.03. The van der Waals surface area contributed by atoms with Gasteiger partial charge in [-0.05, 0) is 17.7 Å². The molecule has 1 N–H and O–H groups in total. The second-order valence-corrected chi connectivity index (χ2v) is 4.23. The van der Waals surface area contributed by atoms with Crippen molar-refractivity contribution in [3.8, 4) is 5.75 Å². The Hall–Kier alpha value is -2.56. The number of hydrogen-bond donors (Lipinski definition) is 1. The standard InChI is InChI=1S/C15H14FNO3/c1-17(13-9-12(16)7-8-14(13)18)15(19)20-10-11-5-3-2-4-6-11/h2-9,18H,10H2,1H3. The first-order valence-electron chi connectivity index (χ1n) is 6.01. The second-order valence-electron chi connectivity index (χ2n) is 4.23.